The molecule has 2 N–H and O–H groups in total. The lowest BCUT2D eigenvalue weighted by atomic mass is 10.0. The van der Waals surface area contributed by atoms with Crippen molar-refractivity contribution in [3.63, 3.8) is 0 Å². The average Bonchev–Trinajstić information content (AvgIpc) is 2.90. The Morgan fingerprint density at radius 3 is 2.76 bits per heavy atom. The van der Waals surface area contributed by atoms with Crippen molar-refractivity contribution in [3.05, 3.63) is 29.6 Å². The standard InChI is InChI=1S/C14H21N3/c15-7-14-13(5-2-6-16-14)10-17-8-11-3-1-4-12(11)9-17/h2,5-6,11-12H,1,3-4,7-10,15H2. The predicted molar refractivity (Wildman–Crippen MR) is 68.2 cm³/mol. The number of nitrogens with zero attached hydrogens (tertiary/aromatic N) is 2. The van der Waals surface area contributed by atoms with Crippen molar-refractivity contribution in [2.45, 2.75) is 32.4 Å². The summed E-state index contributed by atoms with van der Waals surface area (Å²) in [7, 11) is 0. The predicted octanol–water partition coefficient (Wildman–Crippen LogP) is 1.77. The van der Waals surface area contributed by atoms with Crippen molar-refractivity contribution in [1.82, 2.24) is 9.88 Å². The van der Waals surface area contributed by atoms with Crippen molar-refractivity contribution < 1.29 is 0 Å². The van der Waals surface area contributed by atoms with Crippen LogP contribution in [-0.4, -0.2) is 23.0 Å². The highest BCUT2D eigenvalue weighted by Crippen LogP contribution is 2.38. The second-order valence-electron chi connectivity index (χ2n) is 5.46. The number of rotatable bonds is 3. The zero-order chi connectivity index (χ0) is 11.7. The molecule has 92 valence electrons. The number of nitrogens with two attached hydrogens (primary N) is 1. The van der Waals surface area contributed by atoms with E-state index in [4.69, 9.17) is 5.73 Å². The topological polar surface area (TPSA) is 42.1 Å². The van der Waals surface area contributed by atoms with Gasteiger partial charge in [-0.05, 0) is 36.3 Å². The van der Waals surface area contributed by atoms with E-state index in [0.29, 0.717) is 6.54 Å². The van der Waals surface area contributed by atoms with Crippen LogP contribution in [0.25, 0.3) is 0 Å². The van der Waals surface area contributed by atoms with Gasteiger partial charge in [-0.3, -0.25) is 9.88 Å². The van der Waals surface area contributed by atoms with Crippen LogP contribution in [0.2, 0.25) is 0 Å². The summed E-state index contributed by atoms with van der Waals surface area (Å²) in [5.41, 5.74) is 8.11. The third kappa shape index (κ3) is 2.22. The number of fused-ring (bicyclic) bond motifs is 1. The first-order valence-electron chi connectivity index (χ1n) is 6.72. The zero-order valence-electron chi connectivity index (χ0n) is 10.3. The van der Waals surface area contributed by atoms with Crippen molar-refractivity contribution in [3.8, 4) is 0 Å². The van der Waals surface area contributed by atoms with Gasteiger partial charge in [0.05, 0.1) is 5.69 Å². The van der Waals surface area contributed by atoms with Crippen molar-refractivity contribution in [2.24, 2.45) is 17.6 Å². The quantitative estimate of drug-likeness (QED) is 0.862. The highest BCUT2D eigenvalue weighted by Gasteiger charge is 2.35. The van der Waals surface area contributed by atoms with E-state index >= 15 is 0 Å². The van der Waals surface area contributed by atoms with E-state index in [9.17, 15) is 0 Å². The molecule has 17 heavy (non-hydrogen) atoms. The highest BCUT2D eigenvalue weighted by molar-refractivity contribution is 5.19. The van der Waals surface area contributed by atoms with Crippen LogP contribution >= 0.6 is 0 Å². The average molecular weight is 231 g/mol. The van der Waals surface area contributed by atoms with Crippen molar-refractivity contribution in [2.75, 3.05) is 13.1 Å². The minimum atomic E-state index is 0.552. The van der Waals surface area contributed by atoms with E-state index in [2.05, 4.69) is 16.0 Å². The minimum absolute atomic E-state index is 0.552. The highest BCUT2D eigenvalue weighted by atomic mass is 15.2. The summed E-state index contributed by atoms with van der Waals surface area (Å²) in [6, 6.07) is 4.19. The van der Waals surface area contributed by atoms with Gasteiger partial charge in [0.2, 0.25) is 0 Å². The first-order valence-corrected chi connectivity index (χ1v) is 6.72. The summed E-state index contributed by atoms with van der Waals surface area (Å²) in [5, 5.41) is 0. The van der Waals surface area contributed by atoms with E-state index < -0.39 is 0 Å². The van der Waals surface area contributed by atoms with E-state index in [-0.39, 0.29) is 0 Å². The Bertz CT molecular complexity index is 379. The summed E-state index contributed by atoms with van der Waals surface area (Å²) in [6.45, 7) is 4.15. The summed E-state index contributed by atoms with van der Waals surface area (Å²) < 4.78 is 0. The largest absolute Gasteiger partial charge is 0.325 e. The maximum absolute atomic E-state index is 5.74. The van der Waals surface area contributed by atoms with Crippen LogP contribution in [0.5, 0.6) is 0 Å². The van der Waals surface area contributed by atoms with Crippen LogP contribution in [0.3, 0.4) is 0 Å². The SMILES string of the molecule is NCc1ncccc1CN1CC2CCCC2C1. The first kappa shape index (κ1) is 11.2. The van der Waals surface area contributed by atoms with Crippen molar-refractivity contribution in [1.29, 1.82) is 0 Å². The van der Waals surface area contributed by atoms with Crippen molar-refractivity contribution >= 4 is 0 Å². The molecule has 1 saturated carbocycles. The number of hydrogen-bond donors (Lipinski definition) is 1. The summed E-state index contributed by atoms with van der Waals surface area (Å²) in [6.07, 6.45) is 6.17. The van der Waals surface area contributed by atoms with Gasteiger partial charge in [-0.2, -0.15) is 0 Å². The Hall–Kier alpha value is -0.930. The Balaban J connectivity index is 1.67. The molecule has 1 aromatic rings. The normalized spacial score (nSPS) is 28.5. The van der Waals surface area contributed by atoms with E-state index in [1.54, 1.807) is 0 Å². The third-order valence-corrected chi connectivity index (χ3v) is 4.37. The maximum atomic E-state index is 5.74. The first-order chi connectivity index (χ1) is 8.36. The van der Waals surface area contributed by atoms with Crippen LogP contribution in [0.1, 0.15) is 30.5 Å². The Kier molecular flexibility index (Phi) is 3.12. The molecule has 0 spiro atoms. The fourth-order valence-electron chi connectivity index (χ4n) is 3.50. The van der Waals surface area contributed by atoms with E-state index in [1.165, 1.54) is 37.9 Å². The lowest BCUT2D eigenvalue weighted by Crippen LogP contribution is -2.22. The molecular weight excluding hydrogens is 210 g/mol. The molecule has 1 saturated heterocycles. The van der Waals surface area contributed by atoms with Gasteiger partial charge in [0.25, 0.3) is 0 Å². The van der Waals surface area contributed by atoms with Gasteiger partial charge in [-0.1, -0.05) is 12.5 Å². The molecule has 3 nitrogen and oxygen atoms in total. The molecule has 1 aromatic heterocycles. The summed E-state index contributed by atoms with van der Waals surface area (Å²) >= 11 is 0. The fraction of sp³-hybridized carbons (Fsp3) is 0.643. The van der Waals surface area contributed by atoms with Gasteiger partial charge < -0.3 is 5.73 Å². The lowest BCUT2D eigenvalue weighted by molar-refractivity contribution is 0.302. The zero-order valence-corrected chi connectivity index (χ0v) is 10.3. The third-order valence-electron chi connectivity index (χ3n) is 4.37. The number of likely N-dealkylation sites (tertiary alicyclic amines) is 1. The van der Waals surface area contributed by atoms with Gasteiger partial charge >= 0.3 is 0 Å². The summed E-state index contributed by atoms with van der Waals surface area (Å²) in [4.78, 5) is 6.95. The van der Waals surface area contributed by atoms with E-state index in [0.717, 1.165) is 24.1 Å². The Morgan fingerprint density at radius 1 is 1.29 bits per heavy atom. The molecule has 0 amide bonds. The molecule has 2 fully saturated rings. The molecule has 2 heterocycles. The molecule has 2 unspecified atom stereocenters. The van der Waals surface area contributed by atoms with Gasteiger partial charge in [0.15, 0.2) is 0 Å². The van der Waals surface area contributed by atoms with Gasteiger partial charge in [-0.25, -0.2) is 0 Å². The Morgan fingerprint density at radius 2 is 2.06 bits per heavy atom. The number of aromatic nitrogens is 1. The molecule has 3 heteroatoms. The molecule has 0 bridgehead atoms. The smallest absolute Gasteiger partial charge is 0.0584 e. The van der Waals surface area contributed by atoms with Crippen LogP contribution < -0.4 is 5.73 Å². The molecule has 1 aliphatic heterocycles. The maximum Gasteiger partial charge on any atom is 0.0584 e. The van der Waals surface area contributed by atoms with Crippen LogP contribution in [0.4, 0.5) is 0 Å². The molecule has 2 atom stereocenters. The minimum Gasteiger partial charge on any atom is -0.325 e. The number of pyridine rings is 1. The monoisotopic (exact) mass is 231 g/mol. The van der Waals surface area contributed by atoms with Crippen LogP contribution in [-0.2, 0) is 13.1 Å². The molecule has 3 rings (SSSR count). The van der Waals surface area contributed by atoms with Gasteiger partial charge in [0, 0.05) is 32.4 Å². The molecular formula is C14H21N3. The second-order valence-corrected chi connectivity index (χ2v) is 5.46. The van der Waals surface area contributed by atoms with Gasteiger partial charge in [-0.15, -0.1) is 0 Å². The fourth-order valence-corrected chi connectivity index (χ4v) is 3.50. The second kappa shape index (κ2) is 4.75. The summed E-state index contributed by atoms with van der Waals surface area (Å²) in [5.74, 6) is 1.93. The van der Waals surface area contributed by atoms with Crippen LogP contribution in [0.15, 0.2) is 18.3 Å². The molecule has 0 radical (unpaired) electrons. The van der Waals surface area contributed by atoms with Crippen LogP contribution in [0, 0.1) is 11.8 Å². The van der Waals surface area contributed by atoms with E-state index in [1.807, 2.05) is 12.3 Å². The van der Waals surface area contributed by atoms with Gasteiger partial charge in [0.1, 0.15) is 0 Å². The Labute approximate surface area is 103 Å². The lowest BCUT2D eigenvalue weighted by Gasteiger charge is -2.18. The molecule has 1 aliphatic carbocycles. The number of hydrogen-bond acceptors (Lipinski definition) is 3. The molecule has 0 aromatic carbocycles. The molecule has 2 aliphatic rings.